The Kier molecular flexibility index (Phi) is 2.63. The van der Waals surface area contributed by atoms with E-state index in [1.165, 1.54) is 0 Å². The predicted octanol–water partition coefficient (Wildman–Crippen LogP) is 0.757. The molecule has 0 bridgehead atoms. The summed E-state index contributed by atoms with van der Waals surface area (Å²) in [5, 5.41) is 3.32. The second kappa shape index (κ2) is 3.92. The quantitative estimate of drug-likeness (QED) is 0.729. The zero-order valence-electron chi connectivity index (χ0n) is 8.34. The van der Waals surface area contributed by atoms with Crippen LogP contribution >= 0.6 is 0 Å². The molecule has 1 fully saturated rings. The standard InChI is InChI=1S/C10H15N3O/c1-2-7-6-9(14)13-10(12-7)8-4-3-5-11-8/h6,8,11H,2-5H2,1H3,(H,12,13,14). The van der Waals surface area contributed by atoms with Crippen LogP contribution in [0.1, 0.15) is 37.3 Å². The van der Waals surface area contributed by atoms with Crippen LogP contribution in [0.2, 0.25) is 0 Å². The van der Waals surface area contributed by atoms with Crippen LogP contribution in [0.25, 0.3) is 0 Å². The zero-order valence-corrected chi connectivity index (χ0v) is 8.34. The van der Waals surface area contributed by atoms with E-state index in [4.69, 9.17) is 0 Å². The molecule has 1 aromatic rings. The predicted molar refractivity (Wildman–Crippen MR) is 54.2 cm³/mol. The molecule has 2 rings (SSSR count). The lowest BCUT2D eigenvalue weighted by Gasteiger charge is -2.09. The van der Waals surface area contributed by atoms with Crippen LogP contribution in [-0.4, -0.2) is 16.5 Å². The van der Waals surface area contributed by atoms with E-state index in [1.54, 1.807) is 6.07 Å². The third kappa shape index (κ3) is 1.85. The molecular formula is C10H15N3O. The Balaban J connectivity index is 2.32. The minimum absolute atomic E-state index is 0.0412. The van der Waals surface area contributed by atoms with Crippen molar-refractivity contribution in [3.05, 3.63) is 27.9 Å². The number of rotatable bonds is 2. The lowest BCUT2D eigenvalue weighted by molar-refractivity contribution is 0.597. The molecule has 1 aromatic heterocycles. The summed E-state index contributed by atoms with van der Waals surface area (Å²) in [5.74, 6) is 0.798. The molecule has 2 heterocycles. The number of H-pyrrole nitrogens is 1. The largest absolute Gasteiger partial charge is 0.309 e. The summed E-state index contributed by atoms with van der Waals surface area (Å²) < 4.78 is 0. The lowest BCUT2D eigenvalue weighted by atomic mass is 10.2. The van der Waals surface area contributed by atoms with Gasteiger partial charge in [-0.3, -0.25) is 4.79 Å². The maximum atomic E-state index is 11.3. The second-order valence-electron chi connectivity index (χ2n) is 3.62. The van der Waals surface area contributed by atoms with Gasteiger partial charge in [0.2, 0.25) is 0 Å². The van der Waals surface area contributed by atoms with Gasteiger partial charge in [-0.05, 0) is 25.8 Å². The normalized spacial score (nSPS) is 21.4. The van der Waals surface area contributed by atoms with Crippen LogP contribution in [0.3, 0.4) is 0 Å². The summed E-state index contributed by atoms with van der Waals surface area (Å²) in [6.07, 6.45) is 3.03. The number of nitrogens with one attached hydrogen (secondary N) is 2. The Morgan fingerprint density at radius 1 is 1.64 bits per heavy atom. The third-order valence-electron chi connectivity index (χ3n) is 2.57. The van der Waals surface area contributed by atoms with Crippen molar-refractivity contribution in [2.24, 2.45) is 0 Å². The van der Waals surface area contributed by atoms with Gasteiger partial charge in [0.05, 0.1) is 6.04 Å². The molecule has 14 heavy (non-hydrogen) atoms. The van der Waals surface area contributed by atoms with Gasteiger partial charge in [-0.1, -0.05) is 6.92 Å². The summed E-state index contributed by atoms with van der Waals surface area (Å²) in [6, 6.07) is 1.81. The van der Waals surface area contributed by atoms with Crippen LogP contribution in [0.15, 0.2) is 10.9 Å². The first-order chi connectivity index (χ1) is 6.79. The number of aryl methyl sites for hydroxylation is 1. The molecule has 0 spiro atoms. The fraction of sp³-hybridized carbons (Fsp3) is 0.600. The van der Waals surface area contributed by atoms with E-state index in [-0.39, 0.29) is 11.6 Å². The molecule has 1 aliphatic heterocycles. The summed E-state index contributed by atoms with van der Waals surface area (Å²) in [4.78, 5) is 18.5. The monoisotopic (exact) mass is 193 g/mol. The maximum Gasteiger partial charge on any atom is 0.251 e. The lowest BCUT2D eigenvalue weighted by Crippen LogP contribution is -2.21. The highest BCUT2D eigenvalue weighted by Crippen LogP contribution is 2.18. The van der Waals surface area contributed by atoms with Crippen LogP contribution in [-0.2, 0) is 6.42 Å². The van der Waals surface area contributed by atoms with E-state index in [9.17, 15) is 4.79 Å². The fourth-order valence-electron chi connectivity index (χ4n) is 1.79. The van der Waals surface area contributed by atoms with Gasteiger partial charge in [-0.15, -0.1) is 0 Å². The Hall–Kier alpha value is -1.16. The molecule has 1 saturated heterocycles. The molecule has 4 nitrogen and oxygen atoms in total. The van der Waals surface area contributed by atoms with Gasteiger partial charge in [-0.2, -0.15) is 0 Å². The van der Waals surface area contributed by atoms with E-state index in [1.807, 2.05) is 6.92 Å². The Bertz CT molecular complexity index is 366. The number of hydrogen-bond acceptors (Lipinski definition) is 3. The number of nitrogens with zero attached hydrogens (tertiary/aromatic N) is 1. The molecule has 0 radical (unpaired) electrons. The van der Waals surface area contributed by atoms with E-state index < -0.39 is 0 Å². The average Bonchev–Trinajstić information content (AvgIpc) is 2.69. The van der Waals surface area contributed by atoms with Gasteiger partial charge in [0.1, 0.15) is 5.82 Å². The van der Waals surface area contributed by atoms with Crippen LogP contribution in [0, 0.1) is 0 Å². The van der Waals surface area contributed by atoms with E-state index in [0.717, 1.165) is 37.3 Å². The van der Waals surface area contributed by atoms with Crippen molar-refractivity contribution < 1.29 is 0 Å². The molecule has 0 aromatic carbocycles. The van der Waals surface area contributed by atoms with Crippen LogP contribution in [0.4, 0.5) is 0 Å². The van der Waals surface area contributed by atoms with Crippen LogP contribution < -0.4 is 10.9 Å². The van der Waals surface area contributed by atoms with Crippen molar-refractivity contribution in [2.75, 3.05) is 6.54 Å². The summed E-state index contributed by atoms with van der Waals surface area (Å²) >= 11 is 0. The van der Waals surface area contributed by atoms with Gasteiger partial charge < -0.3 is 10.3 Å². The first-order valence-electron chi connectivity index (χ1n) is 5.13. The van der Waals surface area contributed by atoms with E-state index in [0.29, 0.717) is 0 Å². The highest BCUT2D eigenvalue weighted by Gasteiger charge is 2.18. The summed E-state index contributed by atoms with van der Waals surface area (Å²) in [5.41, 5.74) is 0.831. The van der Waals surface area contributed by atoms with Gasteiger partial charge >= 0.3 is 0 Å². The summed E-state index contributed by atoms with van der Waals surface area (Å²) in [7, 11) is 0. The van der Waals surface area contributed by atoms with Crippen molar-refractivity contribution in [1.82, 2.24) is 15.3 Å². The van der Waals surface area contributed by atoms with E-state index in [2.05, 4.69) is 15.3 Å². The van der Waals surface area contributed by atoms with Gasteiger partial charge in [0, 0.05) is 11.8 Å². The topological polar surface area (TPSA) is 57.8 Å². The van der Waals surface area contributed by atoms with Crippen molar-refractivity contribution in [1.29, 1.82) is 0 Å². The number of aromatic amines is 1. The molecule has 4 heteroatoms. The third-order valence-corrected chi connectivity index (χ3v) is 2.57. The van der Waals surface area contributed by atoms with Gasteiger partial charge in [0.15, 0.2) is 0 Å². The summed E-state index contributed by atoms with van der Waals surface area (Å²) in [6.45, 7) is 3.03. The Morgan fingerprint density at radius 3 is 3.14 bits per heavy atom. The molecule has 76 valence electrons. The highest BCUT2D eigenvalue weighted by atomic mass is 16.1. The molecule has 1 aliphatic rings. The minimum Gasteiger partial charge on any atom is -0.309 e. The number of aromatic nitrogens is 2. The molecule has 1 atom stereocenters. The molecule has 2 N–H and O–H groups in total. The molecule has 0 aliphatic carbocycles. The van der Waals surface area contributed by atoms with Crippen molar-refractivity contribution in [3.8, 4) is 0 Å². The highest BCUT2D eigenvalue weighted by molar-refractivity contribution is 5.06. The second-order valence-corrected chi connectivity index (χ2v) is 3.62. The van der Waals surface area contributed by atoms with Gasteiger partial charge in [0.25, 0.3) is 5.56 Å². The Labute approximate surface area is 82.8 Å². The first-order valence-corrected chi connectivity index (χ1v) is 5.13. The van der Waals surface area contributed by atoms with Crippen molar-refractivity contribution in [3.63, 3.8) is 0 Å². The fourth-order valence-corrected chi connectivity index (χ4v) is 1.79. The van der Waals surface area contributed by atoms with Crippen LogP contribution in [0.5, 0.6) is 0 Å². The maximum absolute atomic E-state index is 11.3. The smallest absolute Gasteiger partial charge is 0.251 e. The van der Waals surface area contributed by atoms with Crippen molar-refractivity contribution >= 4 is 0 Å². The van der Waals surface area contributed by atoms with E-state index >= 15 is 0 Å². The first kappa shape index (κ1) is 9.40. The zero-order chi connectivity index (χ0) is 9.97. The average molecular weight is 193 g/mol. The van der Waals surface area contributed by atoms with Crippen molar-refractivity contribution in [2.45, 2.75) is 32.2 Å². The molecular weight excluding hydrogens is 178 g/mol. The number of hydrogen-bond donors (Lipinski definition) is 2. The molecule has 1 unspecified atom stereocenters. The molecule has 0 amide bonds. The minimum atomic E-state index is -0.0412. The Morgan fingerprint density at radius 2 is 2.50 bits per heavy atom. The SMILES string of the molecule is CCc1cc(=O)[nH]c(C2CCCN2)n1. The molecule has 0 saturated carbocycles. The van der Waals surface area contributed by atoms with Gasteiger partial charge in [-0.25, -0.2) is 4.98 Å².